The normalized spacial score (nSPS) is 21.8. The summed E-state index contributed by atoms with van der Waals surface area (Å²) in [6, 6.07) is 7.60. The molecule has 4 heterocycles. The van der Waals surface area contributed by atoms with Gasteiger partial charge in [-0.2, -0.15) is 4.31 Å². The van der Waals surface area contributed by atoms with Crippen LogP contribution in [-0.4, -0.2) is 102 Å². The van der Waals surface area contributed by atoms with Gasteiger partial charge < -0.3 is 30.0 Å². The van der Waals surface area contributed by atoms with E-state index < -0.39 is 31.8 Å². The standard InChI is InChI=1S/C25H35N5O8S2/c1-26-39(32,33)21-4-2-3-20(11-21)37-17-19(31)14-28-18-13-25(38-16-18)5-8-30(9-6-25)40(34,35)22-12-23-24(29-15-22)27-7-10-36-23/h2-4,11-12,15,18-19,26,28,31H,5-10,13-14,16-17H2,1H3,(H,27,29)/t18-,19+/m1/s1. The molecular weight excluding hydrogens is 562 g/mol. The molecule has 40 heavy (non-hydrogen) atoms. The number of nitrogens with one attached hydrogen (secondary N) is 3. The molecule has 2 atom stereocenters. The van der Waals surface area contributed by atoms with E-state index in [4.69, 9.17) is 14.2 Å². The predicted molar refractivity (Wildman–Crippen MR) is 145 cm³/mol. The van der Waals surface area contributed by atoms with E-state index in [1.165, 1.54) is 35.7 Å². The number of rotatable bonds is 10. The Bertz CT molecular complexity index is 1410. The van der Waals surface area contributed by atoms with Gasteiger partial charge in [0.15, 0.2) is 11.6 Å². The molecule has 1 aromatic carbocycles. The SMILES string of the molecule is CNS(=O)(=O)c1cccc(OC[C@@H](O)CN[C@H]2COC3(CCN(S(=O)(=O)c4cnc5c(c4)OCCN5)CC3)C2)c1. The highest BCUT2D eigenvalue weighted by atomic mass is 32.2. The molecule has 4 N–H and O–H groups in total. The van der Waals surface area contributed by atoms with Crippen LogP contribution >= 0.6 is 0 Å². The van der Waals surface area contributed by atoms with Gasteiger partial charge in [-0.05, 0) is 38.4 Å². The molecule has 2 saturated heterocycles. The highest BCUT2D eigenvalue weighted by Crippen LogP contribution is 2.38. The average molecular weight is 598 g/mol. The van der Waals surface area contributed by atoms with Crippen molar-refractivity contribution >= 4 is 25.9 Å². The van der Waals surface area contributed by atoms with Gasteiger partial charge in [-0.1, -0.05) is 6.07 Å². The first-order valence-electron chi connectivity index (χ1n) is 13.2. The van der Waals surface area contributed by atoms with Gasteiger partial charge in [0, 0.05) is 44.0 Å². The summed E-state index contributed by atoms with van der Waals surface area (Å²) in [6.45, 7) is 2.47. The largest absolute Gasteiger partial charge is 0.491 e. The fourth-order valence-electron chi connectivity index (χ4n) is 5.15. The summed E-state index contributed by atoms with van der Waals surface area (Å²) < 4.78 is 71.5. The van der Waals surface area contributed by atoms with Crippen molar-refractivity contribution in [1.82, 2.24) is 19.3 Å². The van der Waals surface area contributed by atoms with Crippen molar-refractivity contribution in [3.8, 4) is 11.5 Å². The smallest absolute Gasteiger partial charge is 0.244 e. The minimum Gasteiger partial charge on any atom is -0.491 e. The summed E-state index contributed by atoms with van der Waals surface area (Å²) in [4.78, 5) is 4.41. The number of anilines is 1. The van der Waals surface area contributed by atoms with Gasteiger partial charge in [-0.15, -0.1) is 0 Å². The highest BCUT2D eigenvalue weighted by Gasteiger charge is 2.45. The lowest BCUT2D eigenvalue weighted by Gasteiger charge is -2.38. The minimum atomic E-state index is -3.71. The van der Waals surface area contributed by atoms with Gasteiger partial charge in [0.05, 0.1) is 23.6 Å². The summed E-state index contributed by atoms with van der Waals surface area (Å²) in [6.07, 6.45) is 2.38. The average Bonchev–Trinajstić information content (AvgIpc) is 3.37. The van der Waals surface area contributed by atoms with E-state index >= 15 is 0 Å². The van der Waals surface area contributed by atoms with Crippen LogP contribution in [0.1, 0.15) is 19.3 Å². The number of sulfonamides is 2. The van der Waals surface area contributed by atoms with Crippen LogP contribution in [0.4, 0.5) is 5.82 Å². The fraction of sp³-hybridized carbons (Fsp3) is 0.560. The van der Waals surface area contributed by atoms with Crippen LogP contribution in [0.25, 0.3) is 0 Å². The van der Waals surface area contributed by atoms with Crippen LogP contribution < -0.4 is 24.8 Å². The third kappa shape index (κ3) is 6.35. The van der Waals surface area contributed by atoms with Crippen LogP contribution in [0.3, 0.4) is 0 Å². The number of aliphatic hydroxyl groups is 1. The Kier molecular flexibility index (Phi) is 8.52. The number of piperidine rings is 1. The van der Waals surface area contributed by atoms with Gasteiger partial charge in [-0.25, -0.2) is 26.5 Å². The summed E-state index contributed by atoms with van der Waals surface area (Å²) in [7, 11) is -5.96. The van der Waals surface area contributed by atoms with E-state index in [0.29, 0.717) is 69.4 Å². The lowest BCUT2D eigenvalue weighted by Crippen LogP contribution is -2.47. The van der Waals surface area contributed by atoms with Crippen molar-refractivity contribution in [2.24, 2.45) is 0 Å². The Balaban J connectivity index is 1.08. The zero-order chi connectivity index (χ0) is 28.4. The lowest BCUT2D eigenvalue weighted by molar-refractivity contribution is -0.0312. The van der Waals surface area contributed by atoms with E-state index in [2.05, 4.69) is 20.3 Å². The van der Waals surface area contributed by atoms with Crippen molar-refractivity contribution in [3.05, 3.63) is 36.5 Å². The molecule has 0 bridgehead atoms. The molecular formula is C25H35N5O8S2. The number of ether oxygens (including phenoxy) is 3. The highest BCUT2D eigenvalue weighted by molar-refractivity contribution is 7.89. The van der Waals surface area contributed by atoms with E-state index in [1.807, 2.05) is 0 Å². The number of nitrogens with zero attached hydrogens (tertiary/aromatic N) is 2. The van der Waals surface area contributed by atoms with Gasteiger partial charge in [0.25, 0.3) is 0 Å². The van der Waals surface area contributed by atoms with Gasteiger partial charge in [0.1, 0.15) is 30.0 Å². The topological polar surface area (TPSA) is 168 Å². The van der Waals surface area contributed by atoms with E-state index in [9.17, 15) is 21.9 Å². The van der Waals surface area contributed by atoms with Crippen molar-refractivity contribution in [2.45, 2.75) is 46.8 Å². The molecule has 2 aromatic rings. The van der Waals surface area contributed by atoms with E-state index in [-0.39, 0.29) is 29.0 Å². The quantitative estimate of drug-likeness (QED) is 0.294. The zero-order valence-corrected chi connectivity index (χ0v) is 23.8. The van der Waals surface area contributed by atoms with E-state index in [0.717, 1.165) is 0 Å². The van der Waals surface area contributed by atoms with Crippen LogP contribution in [0.5, 0.6) is 11.5 Å². The molecule has 220 valence electrons. The Morgan fingerprint density at radius 1 is 1.23 bits per heavy atom. The monoisotopic (exact) mass is 597 g/mol. The van der Waals surface area contributed by atoms with Gasteiger partial charge >= 0.3 is 0 Å². The van der Waals surface area contributed by atoms with Crippen LogP contribution in [0.2, 0.25) is 0 Å². The minimum absolute atomic E-state index is 0.0106. The number of fused-ring (bicyclic) bond motifs is 1. The van der Waals surface area contributed by atoms with Crippen LogP contribution in [0.15, 0.2) is 46.3 Å². The number of benzene rings is 1. The Morgan fingerprint density at radius 2 is 2.02 bits per heavy atom. The molecule has 1 aromatic heterocycles. The second kappa shape index (κ2) is 11.8. The first-order chi connectivity index (χ1) is 19.1. The molecule has 5 rings (SSSR count). The Hall–Kier alpha value is -2.53. The number of aromatic nitrogens is 1. The molecule has 1 spiro atoms. The lowest BCUT2D eigenvalue weighted by atomic mass is 9.88. The molecule has 0 aliphatic carbocycles. The molecule has 15 heteroatoms. The summed E-state index contributed by atoms with van der Waals surface area (Å²) >= 11 is 0. The maximum atomic E-state index is 13.2. The van der Waals surface area contributed by atoms with E-state index in [1.54, 1.807) is 12.1 Å². The first kappa shape index (κ1) is 29.0. The van der Waals surface area contributed by atoms with Crippen molar-refractivity contribution in [1.29, 1.82) is 0 Å². The number of aliphatic hydroxyl groups excluding tert-OH is 1. The first-order valence-corrected chi connectivity index (χ1v) is 16.1. The molecule has 0 radical (unpaired) electrons. The maximum Gasteiger partial charge on any atom is 0.244 e. The maximum absolute atomic E-state index is 13.2. The second-order valence-corrected chi connectivity index (χ2v) is 14.0. The molecule has 3 aliphatic rings. The summed E-state index contributed by atoms with van der Waals surface area (Å²) in [5.41, 5.74) is -0.411. The number of pyridine rings is 1. The molecule has 0 unspecified atom stereocenters. The van der Waals surface area contributed by atoms with Crippen molar-refractivity contribution in [2.75, 3.05) is 58.4 Å². The van der Waals surface area contributed by atoms with Crippen molar-refractivity contribution < 1.29 is 36.2 Å². The van der Waals surface area contributed by atoms with Crippen molar-refractivity contribution in [3.63, 3.8) is 0 Å². The Labute approximate surface area is 234 Å². The van der Waals surface area contributed by atoms with Crippen LogP contribution in [-0.2, 0) is 24.8 Å². The molecule has 0 saturated carbocycles. The number of hydrogen-bond donors (Lipinski definition) is 4. The third-order valence-corrected chi connectivity index (χ3v) is 10.7. The molecule has 13 nitrogen and oxygen atoms in total. The fourth-order valence-corrected chi connectivity index (χ4v) is 7.32. The van der Waals surface area contributed by atoms with Gasteiger partial charge in [0.2, 0.25) is 20.0 Å². The second-order valence-electron chi connectivity index (χ2n) is 10.1. The van der Waals surface area contributed by atoms with Crippen LogP contribution in [0, 0.1) is 0 Å². The summed E-state index contributed by atoms with van der Waals surface area (Å²) in [5, 5.41) is 16.8. The predicted octanol–water partition coefficient (Wildman–Crippen LogP) is 0.136. The molecule has 3 aliphatic heterocycles. The molecule has 0 amide bonds. The Morgan fingerprint density at radius 3 is 2.80 bits per heavy atom. The third-order valence-electron chi connectivity index (χ3n) is 7.43. The number of hydrogen-bond acceptors (Lipinski definition) is 11. The summed E-state index contributed by atoms with van der Waals surface area (Å²) in [5.74, 6) is 1.33. The van der Waals surface area contributed by atoms with Gasteiger partial charge in [-0.3, -0.25) is 0 Å². The molecule has 2 fully saturated rings. The zero-order valence-electron chi connectivity index (χ0n) is 22.2.